The molecule has 0 radical (unpaired) electrons. The van der Waals surface area contributed by atoms with Crippen LogP contribution in [0.4, 0.5) is 0 Å². The maximum Gasteiger partial charge on any atom is 0.355 e. The number of H-pyrrole nitrogens is 1. The van der Waals surface area contributed by atoms with Gasteiger partial charge in [-0.2, -0.15) is 0 Å². The van der Waals surface area contributed by atoms with Crippen LogP contribution in [0.25, 0.3) is 0 Å². The lowest BCUT2D eigenvalue weighted by molar-refractivity contribution is 0.0370. The number of thiophene rings is 1. The summed E-state index contributed by atoms with van der Waals surface area (Å²) in [6.07, 6.45) is 1.09. The molecule has 0 aromatic carbocycles. The fourth-order valence-corrected chi connectivity index (χ4v) is 3.87. The number of aromatic amines is 1. The van der Waals surface area contributed by atoms with Crippen molar-refractivity contribution in [1.29, 1.82) is 0 Å². The minimum Gasteiger partial charge on any atom is -0.458 e. The molecule has 0 saturated carbocycles. The third-order valence-corrected chi connectivity index (χ3v) is 5.02. The van der Waals surface area contributed by atoms with Crippen molar-refractivity contribution in [1.82, 2.24) is 4.98 Å². The Kier molecular flexibility index (Phi) is 3.91. The van der Waals surface area contributed by atoms with Crippen LogP contribution in [0.1, 0.15) is 63.2 Å². The molecule has 116 valence electrons. The van der Waals surface area contributed by atoms with Crippen LogP contribution in [-0.2, 0) is 11.2 Å². The quantitative estimate of drug-likeness (QED) is 0.874. The Morgan fingerprint density at radius 3 is 2.82 bits per heavy atom. The molecule has 4 nitrogen and oxygen atoms in total. The summed E-state index contributed by atoms with van der Waals surface area (Å²) in [7, 11) is 0. The van der Waals surface area contributed by atoms with Crippen molar-refractivity contribution < 1.29 is 14.3 Å². The van der Waals surface area contributed by atoms with E-state index in [1.165, 1.54) is 4.88 Å². The number of carbonyl (C=O) groups excluding carboxylic acids is 2. The Labute approximate surface area is 133 Å². The average molecular weight is 317 g/mol. The van der Waals surface area contributed by atoms with Gasteiger partial charge in [-0.3, -0.25) is 4.79 Å². The number of ether oxygens (including phenoxy) is 1. The van der Waals surface area contributed by atoms with Gasteiger partial charge in [0.1, 0.15) is 5.69 Å². The number of ketones is 1. The van der Waals surface area contributed by atoms with E-state index in [4.69, 9.17) is 4.74 Å². The van der Waals surface area contributed by atoms with Crippen LogP contribution in [0, 0.1) is 6.92 Å². The van der Waals surface area contributed by atoms with Gasteiger partial charge in [-0.15, -0.1) is 11.3 Å². The van der Waals surface area contributed by atoms with Crippen LogP contribution in [0.2, 0.25) is 0 Å². The molecule has 3 rings (SSSR count). The highest BCUT2D eigenvalue weighted by atomic mass is 32.1. The van der Waals surface area contributed by atoms with Crippen molar-refractivity contribution in [2.75, 3.05) is 0 Å². The van der Waals surface area contributed by atoms with E-state index in [1.54, 1.807) is 11.3 Å². The number of carbonyl (C=O) groups is 2. The van der Waals surface area contributed by atoms with Gasteiger partial charge < -0.3 is 9.72 Å². The number of nitrogens with one attached hydrogen (secondary N) is 1. The van der Waals surface area contributed by atoms with E-state index in [1.807, 2.05) is 32.2 Å². The highest BCUT2D eigenvalue weighted by Gasteiger charge is 2.32. The minimum atomic E-state index is -0.387. The van der Waals surface area contributed by atoms with E-state index < -0.39 is 0 Å². The number of esters is 1. The van der Waals surface area contributed by atoms with Crippen molar-refractivity contribution in [3.8, 4) is 0 Å². The van der Waals surface area contributed by atoms with Gasteiger partial charge in [0.25, 0.3) is 0 Å². The lowest BCUT2D eigenvalue weighted by Gasteiger charge is -2.20. The van der Waals surface area contributed by atoms with E-state index in [0.717, 1.165) is 17.7 Å². The predicted molar refractivity (Wildman–Crippen MR) is 85.8 cm³/mol. The van der Waals surface area contributed by atoms with Crippen LogP contribution in [-0.4, -0.2) is 22.8 Å². The summed E-state index contributed by atoms with van der Waals surface area (Å²) in [4.78, 5) is 29.0. The van der Waals surface area contributed by atoms with E-state index >= 15 is 0 Å². The first-order valence-corrected chi connectivity index (χ1v) is 8.34. The topological polar surface area (TPSA) is 59.2 Å². The van der Waals surface area contributed by atoms with Crippen LogP contribution in [0.5, 0.6) is 0 Å². The lowest BCUT2D eigenvalue weighted by Crippen LogP contribution is -2.17. The van der Waals surface area contributed by atoms with Gasteiger partial charge in [-0.1, -0.05) is 6.07 Å². The molecule has 0 fully saturated rings. The monoisotopic (exact) mass is 317 g/mol. The summed E-state index contributed by atoms with van der Waals surface area (Å²) >= 11 is 1.67. The van der Waals surface area contributed by atoms with Gasteiger partial charge >= 0.3 is 5.97 Å². The Hall–Kier alpha value is -1.88. The van der Waals surface area contributed by atoms with Gasteiger partial charge in [0, 0.05) is 28.5 Å². The minimum absolute atomic E-state index is 0.108. The number of hydrogen-bond donors (Lipinski definition) is 1. The second kappa shape index (κ2) is 5.72. The molecular formula is C17H19NO3S. The largest absolute Gasteiger partial charge is 0.458 e. The van der Waals surface area contributed by atoms with Crippen molar-refractivity contribution in [3.63, 3.8) is 0 Å². The molecule has 1 N–H and O–H groups in total. The normalized spacial score (nSPS) is 17.6. The third-order valence-electron chi connectivity index (χ3n) is 3.98. The van der Waals surface area contributed by atoms with Crippen LogP contribution >= 0.6 is 11.3 Å². The highest BCUT2D eigenvalue weighted by molar-refractivity contribution is 7.10. The maximum atomic E-state index is 12.5. The molecule has 0 bridgehead atoms. The second-order valence-electron chi connectivity index (χ2n) is 5.98. The Bertz CT molecular complexity index is 713. The summed E-state index contributed by atoms with van der Waals surface area (Å²) < 4.78 is 5.25. The van der Waals surface area contributed by atoms with Gasteiger partial charge in [0.2, 0.25) is 0 Å². The molecule has 2 heterocycles. The molecule has 2 aromatic heterocycles. The first-order valence-electron chi connectivity index (χ1n) is 7.46. The standard InChI is InChI=1S/C17H19NO3S/c1-9(2)21-17(20)16-10(3)15-12(18-16)7-11(8-13(15)19)14-5-4-6-22-14/h4-6,9,11,18H,7-8H2,1-3H3/t11-/m1/s1. The van der Waals surface area contributed by atoms with Gasteiger partial charge in [0.05, 0.1) is 6.10 Å². The average Bonchev–Trinajstić information content (AvgIpc) is 3.06. The zero-order valence-corrected chi connectivity index (χ0v) is 13.8. The zero-order chi connectivity index (χ0) is 15.9. The number of rotatable bonds is 3. The van der Waals surface area contributed by atoms with Crippen LogP contribution in [0.3, 0.4) is 0 Å². The van der Waals surface area contributed by atoms with E-state index in [-0.39, 0.29) is 23.8 Å². The fraction of sp³-hybridized carbons (Fsp3) is 0.412. The molecule has 0 saturated heterocycles. The molecule has 1 atom stereocenters. The molecule has 1 aliphatic rings. The first-order chi connectivity index (χ1) is 10.5. The molecule has 0 aliphatic heterocycles. The first kappa shape index (κ1) is 15.0. The molecule has 5 heteroatoms. The summed E-state index contributed by atoms with van der Waals surface area (Å²) in [6, 6.07) is 4.07. The number of aromatic nitrogens is 1. The van der Waals surface area contributed by atoms with Gasteiger partial charge in [-0.25, -0.2) is 4.79 Å². The molecule has 0 spiro atoms. The number of Topliss-reactive ketones (excluding diaryl/α,β-unsaturated/α-hetero) is 1. The van der Waals surface area contributed by atoms with Crippen molar-refractivity contribution in [2.24, 2.45) is 0 Å². The van der Waals surface area contributed by atoms with Crippen molar-refractivity contribution in [2.45, 2.75) is 45.6 Å². The summed E-state index contributed by atoms with van der Waals surface area (Å²) in [5.74, 6) is -0.0774. The van der Waals surface area contributed by atoms with Crippen molar-refractivity contribution in [3.05, 3.63) is 44.9 Å². The van der Waals surface area contributed by atoms with E-state index in [9.17, 15) is 9.59 Å². The zero-order valence-electron chi connectivity index (χ0n) is 12.9. The van der Waals surface area contributed by atoms with E-state index in [2.05, 4.69) is 11.1 Å². The van der Waals surface area contributed by atoms with Gasteiger partial charge in [0.15, 0.2) is 5.78 Å². The third kappa shape index (κ3) is 2.61. The summed E-state index contributed by atoms with van der Waals surface area (Å²) in [5, 5.41) is 2.03. The Balaban J connectivity index is 1.94. The molecule has 2 aromatic rings. The van der Waals surface area contributed by atoms with Crippen molar-refractivity contribution >= 4 is 23.1 Å². The summed E-state index contributed by atoms with van der Waals surface area (Å²) in [5.41, 5.74) is 2.68. The van der Waals surface area contributed by atoms with Crippen LogP contribution in [0.15, 0.2) is 17.5 Å². The predicted octanol–water partition coefficient (Wildman–Crippen LogP) is 3.86. The lowest BCUT2D eigenvalue weighted by atomic mass is 9.84. The molecule has 22 heavy (non-hydrogen) atoms. The van der Waals surface area contributed by atoms with Gasteiger partial charge in [-0.05, 0) is 44.2 Å². The Morgan fingerprint density at radius 1 is 1.41 bits per heavy atom. The SMILES string of the molecule is Cc1c(C(=O)OC(C)C)[nH]c2c1C(=O)C[C@H](c1cccs1)C2. The molecular weight excluding hydrogens is 298 g/mol. The molecule has 0 unspecified atom stereocenters. The molecule has 0 amide bonds. The maximum absolute atomic E-state index is 12.5. The number of fused-ring (bicyclic) bond motifs is 1. The van der Waals surface area contributed by atoms with Crippen LogP contribution < -0.4 is 0 Å². The second-order valence-corrected chi connectivity index (χ2v) is 6.96. The Morgan fingerprint density at radius 2 is 2.18 bits per heavy atom. The number of hydrogen-bond acceptors (Lipinski definition) is 4. The highest BCUT2D eigenvalue weighted by Crippen LogP contribution is 2.36. The molecule has 1 aliphatic carbocycles. The summed E-state index contributed by atoms with van der Waals surface area (Å²) in [6.45, 7) is 5.44. The smallest absolute Gasteiger partial charge is 0.355 e. The van der Waals surface area contributed by atoms with E-state index in [0.29, 0.717) is 17.7 Å². The fourth-order valence-electron chi connectivity index (χ4n) is 3.04.